The van der Waals surface area contributed by atoms with Gasteiger partial charge in [0.2, 0.25) is 5.91 Å². The van der Waals surface area contributed by atoms with Crippen LogP contribution in [0.15, 0.2) is 41.6 Å². The number of carboxylic acids is 1. The Hall–Kier alpha value is -2.57. The molecule has 0 aliphatic carbocycles. The summed E-state index contributed by atoms with van der Waals surface area (Å²) in [5.41, 5.74) is 1.25. The molecule has 3 rings (SSSR count). The molecule has 12 heteroatoms. The molecule has 33 heavy (non-hydrogen) atoms. The molecular weight excluding hydrogens is 486 g/mol. The van der Waals surface area contributed by atoms with E-state index in [9.17, 15) is 24.3 Å². The molecule has 0 radical (unpaired) electrons. The highest BCUT2D eigenvalue weighted by atomic mass is 32.2. The van der Waals surface area contributed by atoms with E-state index in [1.165, 1.54) is 30.4 Å². The Morgan fingerprint density at radius 3 is 2.67 bits per heavy atom. The van der Waals surface area contributed by atoms with Crippen LogP contribution in [0.1, 0.15) is 12.5 Å². The second kappa shape index (κ2) is 11.0. The molecule has 0 spiro atoms. The van der Waals surface area contributed by atoms with E-state index in [0.717, 1.165) is 10.5 Å². The SMILES string of the molecule is CC(=O)OCC1=C(C(=O)O)N2C(=O)C(NC(=O)CSC(=S)N(C)Cc3ccccc3)C2SC1. The fourth-order valence-electron chi connectivity index (χ4n) is 3.36. The lowest BCUT2D eigenvalue weighted by molar-refractivity contribution is -0.150. The maximum Gasteiger partial charge on any atom is 0.352 e. The van der Waals surface area contributed by atoms with Crippen molar-refractivity contribution in [1.29, 1.82) is 0 Å². The van der Waals surface area contributed by atoms with Gasteiger partial charge >= 0.3 is 11.9 Å². The van der Waals surface area contributed by atoms with Crippen molar-refractivity contribution in [2.75, 3.05) is 25.2 Å². The van der Waals surface area contributed by atoms with Crippen LogP contribution in [0.25, 0.3) is 0 Å². The van der Waals surface area contributed by atoms with Gasteiger partial charge in [0, 0.05) is 31.8 Å². The number of benzene rings is 1. The average molecular weight is 510 g/mol. The van der Waals surface area contributed by atoms with Crippen molar-refractivity contribution in [3.8, 4) is 0 Å². The third-order valence-corrected chi connectivity index (χ3v) is 7.89. The van der Waals surface area contributed by atoms with E-state index in [0.29, 0.717) is 16.4 Å². The quantitative estimate of drug-likeness (QED) is 0.303. The minimum atomic E-state index is -1.28. The zero-order valence-electron chi connectivity index (χ0n) is 18.0. The molecule has 9 nitrogen and oxygen atoms in total. The number of hydrogen-bond donors (Lipinski definition) is 2. The summed E-state index contributed by atoms with van der Waals surface area (Å²) in [5.74, 6) is -2.36. The first-order valence-corrected chi connectivity index (χ1v) is 12.4. The minimum absolute atomic E-state index is 0.0401. The summed E-state index contributed by atoms with van der Waals surface area (Å²) in [5, 5.41) is 11.7. The Balaban J connectivity index is 1.52. The molecule has 2 atom stereocenters. The smallest absolute Gasteiger partial charge is 0.352 e. The lowest BCUT2D eigenvalue weighted by Gasteiger charge is -2.49. The van der Waals surface area contributed by atoms with E-state index >= 15 is 0 Å². The Kier molecular flexibility index (Phi) is 8.38. The van der Waals surface area contributed by atoms with Gasteiger partial charge < -0.3 is 20.1 Å². The molecular formula is C21H23N3O6S3. The number of carbonyl (C=O) groups is 4. The Morgan fingerprint density at radius 2 is 2.03 bits per heavy atom. The zero-order valence-corrected chi connectivity index (χ0v) is 20.4. The van der Waals surface area contributed by atoms with Gasteiger partial charge in [-0.05, 0) is 5.56 Å². The van der Waals surface area contributed by atoms with Gasteiger partial charge in [0.25, 0.3) is 5.91 Å². The van der Waals surface area contributed by atoms with Gasteiger partial charge in [-0.15, -0.1) is 11.8 Å². The molecule has 0 aromatic heterocycles. The predicted octanol–water partition coefficient (Wildman–Crippen LogP) is 1.44. The molecule has 2 unspecified atom stereocenters. The normalized spacial score (nSPS) is 19.3. The Morgan fingerprint density at radius 1 is 1.33 bits per heavy atom. The van der Waals surface area contributed by atoms with Gasteiger partial charge in [0.05, 0.1) is 5.75 Å². The molecule has 1 fully saturated rings. The van der Waals surface area contributed by atoms with Crippen molar-refractivity contribution >= 4 is 63.8 Å². The van der Waals surface area contributed by atoms with Gasteiger partial charge in [-0.25, -0.2) is 4.79 Å². The van der Waals surface area contributed by atoms with Crippen LogP contribution in [0.3, 0.4) is 0 Å². The molecule has 1 aromatic rings. The molecule has 2 aliphatic rings. The minimum Gasteiger partial charge on any atom is -0.477 e. The maximum absolute atomic E-state index is 12.6. The van der Waals surface area contributed by atoms with Crippen LogP contribution in [-0.4, -0.2) is 79.6 Å². The zero-order chi connectivity index (χ0) is 24.1. The summed E-state index contributed by atoms with van der Waals surface area (Å²) in [6, 6.07) is 8.99. The molecule has 0 bridgehead atoms. The number of aliphatic carboxylic acids is 1. The van der Waals surface area contributed by atoms with Crippen molar-refractivity contribution in [2.45, 2.75) is 24.9 Å². The standard InChI is InChI=1S/C21H23N3O6S3/c1-12(25)30-9-14-10-32-19-16(18(27)24(19)17(14)20(28)29)22-15(26)11-33-21(31)23(2)8-13-6-4-3-5-7-13/h3-7,16,19H,8-11H2,1-2H3,(H,22,26)(H,28,29). The average Bonchev–Trinajstić information content (AvgIpc) is 2.79. The summed E-state index contributed by atoms with van der Waals surface area (Å²) >= 11 is 7.90. The van der Waals surface area contributed by atoms with Gasteiger partial charge in [-0.3, -0.25) is 19.3 Å². The number of thioether (sulfide) groups is 2. The van der Waals surface area contributed by atoms with E-state index in [1.54, 1.807) is 0 Å². The number of nitrogens with one attached hydrogen (secondary N) is 1. The van der Waals surface area contributed by atoms with Crippen LogP contribution in [0.5, 0.6) is 0 Å². The topological polar surface area (TPSA) is 116 Å². The number of rotatable bonds is 8. The summed E-state index contributed by atoms with van der Waals surface area (Å²) < 4.78 is 5.46. The van der Waals surface area contributed by atoms with Crippen LogP contribution in [-0.2, 0) is 30.5 Å². The molecule has 1 aromatic carbocycles. The van der Waals surface area contributed by atoms with Crippen molar-refractivity contribution in [3.05, 3.63) is 47.2 Å². The molecule has 2 heterocycles. The summed E-state index contributed by atoms with van der Waals surface area (Å²) in [7, 11) is 1.85. The lowest BCUT2D eigenvalue weighted by atomic mass is 10.0. The van der Waals surface area contributed by atoms with Gasteiger partial charge in [-0.2, -0.15) is 0 Å². The third kappa shape index (κ3) is 6.06. The monoisotopic (exact) mass is 509 g/mol. The first kappa shape index (κ1) is 25.1. The second-order valence-electron chi connectivity index (χ2n) is 7.39. The van der Waals surface area contributed by atoms with Gasteiger partial charge in [0.1, 0.15) is 28.0 Å². The second-order valence-corrected chi connectivity index (χ2v) is 10.1. The highest BCUT2D eigenvalue weighted by molar-refractivity contribution is 8.23. The molecule has 2 N–H and O–H groups in total. The largest absolute Gasteiger partial charge is 0.477 e. The van der Waals surface area contributed by atoms with Crippen LogP contribution in [0, 0.1) is 0 Å². The highest BCUT2D eigenvalue weighted by Crippen LogP contribution is 2.40. The number of amides is 2. The summed E-state index contributed by atoms with van der Waals surface area (Å²) in [6.45, 7) is 1.65. The van der Waals surface area contributed by atoms with Crippen LogP contribution in [0.2, 0.25) is 0 Å². The number of hydrogen-bond acceptors (Lipinski definition) is 8. The number of β-lactam (4-membered cyclic amide) rings is 1. The Bertz CT molecular complexity index is 1000. The Labute approximate surface area is 204 Å². The third-order valence-electron chi connectivity index (χ3n) is 4.92. The fraction of sp³-hybridized carbons (Fsp3) is 0.381. The molecule has 176 valence electrons. The van der Waals surface area contributed by atoms with Crippen LogP contribution in [0.4, 0.5) is 0 Å². The molecule has 1 saturated heterocycles. The maximum atomic E-state index is 12.6. The van der Waals surface area contributed by atoms with E-state index in [-0.39, 0.29) is 29.7 Å². The van der Waals surface area contributed by atoms with E-state index in [2.05, 4.69) is 5.32 Å². The van der Waals surface area contributed by atoms with E-state index < -0.39 is 29.3 Å². The van der Waals surface area contributed by atoms with Crippen molar-refractivity contribution < 1.29 is 29.0 Å². The van der Waals surface area contributed by atoms with Crippen LogP contribution >= 0.6 is 35.7 Å². The molecule has 2 aliphatic heterocycles. The molecule has 2 amide bonds. The first-order chi connectivity index (χ1) is 15.7. The predicted molar refractivity (Wildman–Crippen MR) is 129 cm³/mol. The van der Waals surface area contributed by atoms with Gasteiger partial charge in [-0.1, -0.05) is 54.3 Å². The number of thiocarbonyl (C=S) groups is 1. The molecule has 0 saturated carbocycles. The number of fused-ring (bicyclic) bond motifs is 1. The fourth-order valence-corrected chi connectivity index (χ4v) is 5.55. The van der Waals surface area contributed by atoms with Crippen molar-refractivity contribution in [3.63, 3.8) is 0 Å². The van der Waals surface area contributed by atoms with Crippen LogP contribution < -0.4 is 5.32 Å². The summed E-state index contributed by atoms with van der Waals surface area (Å²) in [6.07, 6.45) is 0. The number of carbonyl (C=O) groups excluding carboxylic acids is 3. The highest BCUT2D eigenvalue weighted by Gasteiger charge is 2.54. The van der Waals surface area contributed by atoms with E-state index in [1.807, 2.05) is 42.3 Å². The number of carboxylic acid groups (broad SMARTS) is 1. The lowest BCUT2D eigenvalue weighted by Crippen LogP contribution is -2.70. The summed E-state index contributed by atoms with van der Waals surface area (Å²) in [4.78, 5) is 50.9. The number of ether oxygens (including phenoxy) is 1. The number of nitrogens with zero attached hydrogens (tertiary/aromatic N) is 2. The van der Waals surface area contributed by atoms with Crippen molar-refractivity contribution in [1.82, 2.24) is 15.1 Å². The first-order valence-electron chi connectivity index (χ1n) is 9.93. The van der Waals surface area contributed by atoms with E-state index in [4.69, 9.17) is 17.0 Å². The number of esters is 1. The van der Waals surface area contributed by atoms with Gasteiger partial charge in [0.15, 0.2) is 0 Å². The van der Waals surface area contributed by atoms with Crippen molar-refractivity contribution in [2.24, 2.45) is 0 Å².